The maximum atomic E-state index is 13.0. The van der Waals surface area contributed by atoms with Crippen molar-refractivity contribution in [3.05, 3.63) is 70.5 Å². The minimum Gasteiger partial charge on any atom is -0.330 e. The van der Waals surface area contributed by atoms with E-state index in [1.165, 1.54) is 28.8 Å². The van der Waals surface area contributed by atoms with Gasteiger partial charge in [0.2, 0.25) is 0 Å². The normalized spacial score (nSPS) is 12.4. The Hall–Kier alpha value is -1.67. The Morgan fingerprint density at radius 1 is 1.00 bits per heavy atom. The third-order valence-corrected chi connectivity index (χ3v) is 3.39. The molecule has 0 aromatic heterocycles. The fourth-order valence-electron chi connectivity index (χ4n) is 2.54. The van der Waals surface area contributed by atoms with Gasteiger partial charge in [-0.25, -0.2) is 4.39 Å². The average Bonchev–Trinajstić information content (AvgIpc) is 2.36. The Kier molecular flexibility index (Phi) is 4.33. The minimum atomic E-state index is -0.203. The summed E-state index contributed by atoms with van der Waals surface area (Å²) in [4.78, 5) is 0. The molecule has 2 rings (SSSR count). The predicted octanol–water partition coefficient (Wildman–Crippen LogP) is 3.73. The van der Waals surface area contributed by atoms with Gasteiger partial charge >= 0.3 is 0 Å². The van der Waals surface area contributed by atoms with Crippen molar-refractivity contribution in [3.63, 3.8) is 0 Å². The molecule has 100 valence electrons. The highest BCUT2D eigenvalue weighted by molar-refractivity contribution is 5.31. The van der Waals surface area contributed by atoms with Crippen LogP contribution in [0.25, 0.3) is 0 Å². The van der Waals surface area contributed by atoms with Crippen LogP contribution in [0.2, 0.25) is 0 Å². The van der Waals surface area contributed by atoms with Crippen LogP contribution in [-0.2, 0) is 6.42 Å². The molecule has 2 N–H and O–H groups in total. The molecule has 0 radical (unpaired) electrons. The van der Waals surface area contributed by atoms with Crippen molar-refractivity contribution in [2.75, 3.05) is 6.54 Å². The zero-order valence-corrected chi connectivity index (χ0v) is 11.5. The van der Waals surface area contributed by atoms with Gasteiger partial charge in [0.25, 0.3) is 0 Å². The van der Waals surface area contributed by atoms with Crippen LogP contribution in [-0.4, -0.2) is 6.54 Å². The average molecular weight is 257 g/mol. The van der Waals surface area contributed by atoms with Gasteiger partial charge < -0.3 is 5.73 Å². The summed E-state index contributed by atoms with van der Waals surface area (Å²) in [5.74, 6) is 0.0349. The quantitative estimate of drug-likeness (QED) is 0.887. The molecule has 0 bridgehead atoms. The van der Waals surface area contributed by atoms with E-state index in [1.54, 1.807) is 0 Å². The predicted molar refractivity (Wildman–Crippen MR) is 77.8 cm³/mol. The summed E-state index contributed by atoms with van der Waals surface area (Å²) < 4.78 is 13.0. The first-order valence-corrected chi connectivity index (χ1v) is 6.61. The lowest BCUT2D eigenvalue weighted by molar-refractivity contribution is 0.623. The van der Waals surface area contributed by atoms with Crippen molar-refractivity contribution in [2.24, 2.45) is 5.73 Å². The van der Waals surface area contributed by atoms with Gasteiger partial charge in [-0.3, -0.25) is 0 Å². The minimum absolute atomic E-state index is 0.203. The smallest absolute Gasteiger partial charge is 0.123 e. The van der Waals surface area contributed by atoms with Crippen LogP contribution in [0.5, 0.6) is 0 Å². The van der Waals surface area contributed by atoms with Crippen molar-refractivity contribution in [1.29, 1.82) is 0 Å². The summed E-state index contributed by atoms with van der Waals surface area (Å²) >= 11 is 0. The third-order valence-electron chi connectivity index (χ3n) is 3.39. The van der Waals surface area contributed by atoms with E-state index in [2.05, 4.69) is 32.0 Å². The number of rotatable bonds is 4. The van der Waals surface area contributed by atoms with E-state index in [4.69, 9.17) is 5.73 Å². The highest BCUT2D eigenvalue weighted by Crippen LogP contribution is 2.21. The lowest BCUT2D eigenvalue weighted by atomic mass is 9.91. The second-order valence-corrected chi connectivity index (χ2v) is 5.18. The Bertz CT molecular complexity index is 525. The summed E-state index contributed by atoms with van der Waals surface area (Å²) in [6, 6.07) is 13.2. The Morgan fingerprint density at radius 2 is 1.58 bits per heavy atom. The van der Waals surface area contributed by atoms with E-state index in [0.717, 1.165) is 12.0 Å². The van der Waals surface area contributed by atoms with Crippen LogP contribution >= 0.6 is 0 Å². The van der Waals surface area contributed by atoms with Gasteiger partial charge in [-0.05, 0) is 50.1 Å². The lowest BCUT2D eigenvalue weighted by Gasteiger charge is -2.16. The molecule has 0 saturated carbocycles. The molecule has 0 aliphatic carbocycles. The zero-order valence-electron chi connectivity index (χ0n) is 11.5. The summed E-state index contributed by atoms with van der Waals surface area (Å²) in [5.41, 5.74) is 10.8. The number of hydrogen-bond donors (Lipinski definition) is 1. The van der Waals surface area contributed by atoms with Gasteiger partial charge in [0, 0.05) is 5.92 Å². The number of benzene rings is 2. The van der Waals surface area contributed by atoms with Gasteiger partial charge in [0.05, 0.1) is 0 Å². The van der Waals surface area contributed by atoms with E-state index in [9.17, 15) is 4.39 Å². The molecule has 0 fully saturated rings. The van der Waals surface area contributed by atoms with Crippen LogP contribution in [0.15, 0.2) is 42.5 Å². The SMILES string of the molecule is Cc1cc(C)cc(CC(CN)c2ccc(F)cc2)c1. The summed E-state index contributed by atoms with van der Waals surface area (Å²) in [6.45, 7) is 4.77. The molecule has 2 aromatic rings. The second-order valence-electron chi connectivity index (χ2n) is 5.18. The highest BCUT2D eigenvalue weighted by Gasteiger charge is 2.11. The van der Waals surface area contributed by atoms with Crippen molar-refractivity contribution in [1.82, 2.24) is 0 Å². The molecule has 0 aliphatic rings. The number of halogens is 1. The summed E-state index contributed by atoms with van der Waals surface area (Å²) in [7, 11) is 0. The van der Waals surface area contributed by atoms with E-state index in [1.807, 2.05) is 12.1 Å². The standard InChI is InChI=1S/C17H20FN/c1-12-7-13(2)9-14(8-12)10-16(11-19)15-3-5-17(18)6-4-15/h3-9,16H,10-11,19H2,1-2H3. The summed E-state index contributed by atoms with van der Waals surface area (Å²) in [5, 5.41) is 0. The molecule has 2 heteroatoms. The first kappa shape index (κ1) is 13.8. The largest absolute Gasteiger partial charge is 0.330 e. The Morgan fingerprint density at radius 3 is 2.11 bits per heavy atom. The van der Waals surface area contributed by atoms with Crippen molar-refractivity contribution in [2.45, 2.75) is 26.2 Å². The molecular weight excluding hydrogens is 237 g/mol. The fourth-order valence-corrected chi connectivity index (χ4v) is 2.54. The zero-order chi connectivity index (χ0) is 13.8. The molecule has 0 saturated heterocycles. The molecule has 1 atom stereocenters. The Balaban J connectivity index is 2.21. The second kappa shape index (κ2) is 5.98. The first-order valence-electron chi connectivity index (χ1n) is 6.61. The van der Waals surface area contributed by atoms with Crippen molar-refractivity contribution < 1.29 is 4.39 Å². The molecule has 0 amide bonds. The van der Waals surface area contributed by atoms with Gasteiger partial charge in [-0.2, -0.15) is 0 Å². The van der Waals surface area contributed by atoms with Crippen LogP contribution in [0.3, 0.4) is 0 Å². The number of hydrogen-bond acceptors (Lipinski definition) is 1. The molecule has 2 aromatic carbocycles. The van der Waals surface area contributed by atoms with Crippen molar-refractivity contribution in [3.8, 4) is 0 Å². The van der Waals surface area contributed by atoms with Crippen molar-refractivity contribution >= 4 is 0 Å². The number of aryl methyl sites for hydroxylation is 2. The van der Waals surface area contributed by atoms with Crippen LogP contribution in [0.4, 0.5) is 4.39 Å². The molecular formula is C17H20FN. The molecule has 0 spiro atoms. The molecule has 0 heterocycles. The molecule has 1 unspecified atom stereocenters. The fraction of sp³-hybridized carbons (Fsp3) is 0.294. The van der Waals surface area contributed by atoms with E-state index in [0.29, 0.717) is 6.54 Å². The van der Waals surface area contributed by atoms with Gasteiger partial charge in [-0.1, -0.05) is 41.5 Å². The Labute approximate surface area is 114 Å². The third kappa shape index (κ3) is 3.65. The maximum Gasteiger partial charge on any atom is 0.123 e. The molecule has 0 aliphatic heterocycles. The highest BCUT2D eigenvalue weighted by atomic mass is 19.1. The topological polar surface area (TPSA) is 26.0 Å². The maximum absolute atomic E-state index is 13.0. The molecule has 19 heavy (non-hydrogen) atoms. The van der Waals surface area contributed by atoms with Crippen LogP contribution < -0.4 is 5.73 Å². The monoisotopic (exact) mass is 257 g/mol. The van der Waals surface area contributed by atoms with Gasteiger partial charge in [0.1, 0.15) is 5.82 Å². The lowest BCUT2D eigenvalue weighted by Crippen LogP contribution is -2.15. The van der Waals surface area contributed by atoms with Gasteiger partial charge in [0.15, 0.2) is 0 Å². The van der Waals surface area contributed by atoms with Crippen LogP contribution in [0, 0.1) is 19.7 Å². The van der Waals surface area contributed by atoms with E-state index in [-0.39, 0.29) is 11.7 Å². The van der Waals surface area contributed by atoms with E-state index < -0.39 is 0 Å². The number of nitrogens with two attached hydrogens (primary N) is 1. The van der Waals surface area contributed by atoms with E-state index >= 15 is 0 Å². The van der Waals surface area contributed by atoms with Gasteiger partial charge in [-0.15, -0.1) is 0 Å². The molecule has 1 nitrogen and oxygen atoms in total. The summed E-state index contributed by atoms with van der Waals surface area (Å²) in [6.07, 6.45) is 0.894. The first-order chi connectivity index (χ1) is 9.08. The van der Waals surface area contributed by atoms with Crippen LogP contribution in [0.1, 0.15) is 28.2 Å².